The first-order chi connectivity index (χ1) is 7.54. The predicted octanol–water partition coefficient (Wildman–Crippen LogP) is 3.87. The second-order valence-corrected chi connectivity index (χ2v) is 5.15. The van der Waals surface area contributed by atoms with Crippen molar-refractivity contribution < 1.29 is 4.92 Å². The van der Waals surface area contributed by atoms with Crippen LogP contribution in [0.15, 0.2) is 23.1 Å². The van der Waals surface area contributed by atoms with Gasteiger partial charge in [-0.1, -0.05) is 13.0 Å². The number of nitro groups is 1. The van der Waals surface area contributed by atoms with E-state index in [0.717, 1.165) is 16.2 Å². The summed E-state index contributed by atoms with van der Waals surface area (Å²) in [7, 11) is 0. The van der Waals surface area contributed by atoms with Gasteiger partial charge in [0, 0.05) is 28.7 Å². The zero-order valence-electron chi connectivity index (χ0n) is 9.27. The summed E-state index contributed by atoms with van der Waals surface area (Å²) in [5.74, 6) is 1.90. The number of hydrogen-bond donors (Lipinski definition) is 0. The van der Waals surface area contributed by atoms with Crippen LogP contribution in [0.3, 0.4) is 0 Å². The summed E-state index contributed by atoms with van der Waals surface area (Å²) in [4.78, 5) is 11.2. The maximum atomic E-state index is 10.6. The van der Waals surface area contributed by atoms with Gasteiger partial charge in [-0.3, -0.25) is 10.1 Å². The van der Waals surface area contributed by atoms with E-state index in [1.54, 1.807) is 23.9 Å². The first-order valence-corrected chi connectivity index (χ1v) is 6.50. The lowest BCUT2D eigenvalue weighted by molar-refractivity contribution is -0.385. The second-order valence-electron chi connectivity index (χ2n) is 3.78. The Bertz CT molecular complexity index is 384. The van der Waals surface area contributed by atoms with Crippen LogP contribution < -0.4 is 0 Å². The Labute approximate surface area is 104 Å². The fourth-order valence-electron chi connectivity index (χ4n) is 1.13. The average Bonchev–Trinajstić information content (AvgIpc) is 2.27. The molecule has 16 heavy (non-hydrogen) atoms. The Kier molecular flexibility index (Phi) is 5.09. The molecule has 0 N–H and O–H groups in total. The quantitative estimate of drug-likeness (QED) is 0.349. The number of rotatable bonds is 5. The fraction of sp³-hybridized carbons (Fsp3) is 0.455. The molecule has 5 heteroatoms. The molecule has 0 radical (unpaired) electrons. The van der Waals surface area contributed by atoms with E-state index < -0.39 is 0 Å². The third kappa shape index (κ3) is 3.68. The monoisotopic (exact) mass is 259 g/mol. The molecule has 1 unspecified atom stereocenters. The number of nitro benzene ring substituents is 1. The molecule has 0 heterocycles. The topological polar surface area (TPSA) is 43.1 Å². The molecule has 1 aromatic rings. The number of halogens is 1. The van der Waals surface area contributed by atoms with Crippen molar-refractivity contribution in [1.29, 1.82) is 0 Å². The number of aryl methyl sites for hydroxylation is 1. The lowest BCUT2D eigenvalue weighted by Crippen LogP contribution is -1.99. The SMILES string of the molecule is Cc1ccc([N+](=O)[O-])cc1SCC(C)CCl. The third-order valence-corrected chi connectivity index (χ3v) is 4.18. The first-order valence-electron chi connectivity index (χ1n) is 4.98. The molecule has 1 atom stereocenters. The van der Waals surface area contributed by atoms with Gasteiger partial charge in [-0.05, 0) is 18.4 Å². The van der Waals surface area contributed by atoms with E-state index in [0.29, 0.717) is 11.8 Å². The van der Waals surface area contributed by atoms with Crippen LogP contribution in [0.25, 0.3) is 0 Å². The van der Waals surface area contributed by atoms with Crippen LogP contribution in [0, 0.1) is 23.0 Å². The highest BCUT2D eigenvalue weighted by atomic mass is 35.5. The molecule has 0 saturated carbocycles. The molecule has 1 aromatic carbocycles. The smallest absolute Gasteiger partial charge is 0.258 e. The van der Waals surface area contributed by atoms with Crippen molar-refractivity contribution in [2.75, 3.05) is 11.6 Å². The van der Waals surface area contributed by atoms with Crippen LogP contribution in [-0.2, 0) is 0 Å². The molecular weight excluding hydrogens is 246 g/mol. The predicted molar refractivity (Wildman–Crippen MR) is 68.4 cm³/mol. The molecule has 0 aliphatic heterocycles. The van der Waals surface area contributed by atoms with Crippen molar-refractivity contribution in [2.24, 2.45) is 5.92 Å². The van der Waals surface area contributed by atoms with Gasteiger partial charge in [-0.2, -0.15) is 0 Å². The molecule has 0 aliphatic rings. The Morgan fingerprint density at radius 1 is 1.56 bits per heavy atom. The maximum Gasteiger partial charge on any atom is 0.270 e. The molecule has 3 nitrogen and oxygen atoms in total. The highest BCUT2D eigenvalue weighted by molar-refractivity contribution is 7.99. The van der Waals surface area contributed by atoms with E-state index in [1.807, 2.05) is 6.92 Å². The van der Waals surface area contributed by atoms with Gasteiger partial charge in [-0.25, -0.2) is 0 Å². The maximum absolute atomic E-state index is 10.6. The number of non-ortho nitro benzene ring substituents is 1. The molecule has 1 rings (SSSR count). The van der Waals surface area contributed by atoms with E-state index in [-0.39, 0.29) is 10.6 Å². The largest absolute Gasteiger partial charge is 0.270 e. The lowest BCUT2D eigenvalue weighted by atomic mass is 10.2. The number of benzene rings is 1. The number of thioether (sulfide) groups is 1. The van der Waals surface area contributed by atoms with Crippen LogP contribution in [0.2, 0.25) is 0 Å². The van der Waals surface area contributed by atoms with Crippen LogP contribution in [-0.4, -0.2) is 16.6 Å². The zero-order chi connectivity index (χ0) is 12.1. The van der Waals surface area contributed by atoms with Gasteiger partial charge < -0.3 is 0 Å². The van der Waals surface area contributed by atoms with E-state index in [1.165, 1.54) is 6.07 Å². The van der Waals surface area contributed by atoms with Gasteiger partial charge in [0.2, 0.25) is 0 Å². The Morgan fingerprint density at radius 2 is 2.25 bits per heavy atom. The number of nitrogens with zero attached hydrogens (tertiary/aromatic N) is 1. The van der Waals surface area contributed by atoms with Gasteiger partial charge in [0.15, 0.2) is 0 Å². The minimum absolute atomic E-state index is 0.145. The fourth-order valence-corrected chi connectivity index (χ4v) is 2.45. The Morgan fingerprint density at radius 3 is 2.81 bits per heavy atom. The highest BCUT2D eigenvalue weighted by Crippen LogP contribution is 2.28. The lowest BCUT2D eigenvalue weighted by Gasteiger charge is -2.08. The van der Waals surface area contributed by atoms with E-state index in [2.05, 4.69) is 6.92 Å². The zero-order valence-corrected chi connectivity index (χ0v) is 10.8. The summed E-state index contributed by atoms with van der Waals surface area (Å²) in [6, 6.07) is 4.94. The van der Waals surface area contributed by atoms with Crippen LogP contribution in [0.4, 0.5) is 5.69 Å². The van der Waals surface area contributed by atoms with Gasteiger partial charge in [0.25, 0.3) is 5.69 Å². The summed E-state index contributed by atoms with van der Waals surface area (Å²) < 4.78 is 0. The summed E-state index contributed by atoms with van der Waals surface area (Å²) in [5.41, 5.74) is 1.21. The minimum atomic E-state index is -0.367. The molecule has 0 amide bonds. The molecular formula is C11H14ClNO2S. The number of alkyl halides is 1. The van der Waals surface area contributed by atoms with Crippen molar-refractivity contribution in [2.45, 2.75) is 18.7 Å². The van der Waals surface area contributed by atoms with Crippen molar-refractivity contribution in [3.8, 4) is 0 Å². The third-order valence-electron chi connectivity index (χ3n) is 2.17. The second kappa shape index (κ2) is 6.11. The Balaban J connectivity index is 2.78. The van der Waals surface area contributed by atoms with E-state index in [9.17, 15) is 10.1 Å². The van der Waals surface area contributed by atoms with E-state index in [4.69, 9.17) is 11.6 Å². The molecule has 0 fully saturated rings. The summed E-state index contributed by atoms with van der Waals surface area (Å²) >= 11 is 7.34. The van der Waals surface area contributed by atoms with Gasteiger partial charge >= 0.3 is 0 Å². The molecule has 88 valence electrons. The molecule has 0 spiro atoms. The van der Waals surface area contributed by atoms with Crippen molar-refractivity contribution in [1.82, 2.24) is 0 Å². The normalized spacial score (nSPS) is 12.4. The summed E-state index contributed by atoms with van der Waals surface area (Å²) in [6.45, 7) is 4.02. The van der Waals surface area contributed by atoms with Crippen molar-refractivity contribution in [3.05, 3.63) is 33.9 Å². The Hall–Kier alpha value is -0.740. The van der Waals surface area contributed by atoms with Gasteiger partial charge in [-0.15, -0.1) is 23.4 Å². The van der Waals surface area contributed by atoms with Crippen molar-refractivity contribution in [3.63, 3.8) is 0 Å². The molecule has 0 saturated heterocycles. The van der Waals surface area contributed by atoms with Gasteiger partial charge in [0.05, 0.1) is 4.92 Å². The van der Waals surface area contributed by atoms with Crippen LogP contribution in [0.1, 0.15) is 12.5 Å². The number of hydrogen-bond acceptors (Lipinski definition) is 3. The minimum Gasteiger partial charge on any atom is -0.258 e. The van der Waals surface area contributed by atoms with Crippen LogP contribution in [0.5, 0.6) is 0 Å². The first kappa shape index (κ1) is 13.3. The standard InChI is InChI=1S/C11H14ClNO2S/c1-8(6-12)7-16-11-5-10(13(14)15)4-3-9(11)2/h3-5,8H,6-7H2,1-2H3. The molecule has 0 bridgehead atoms. The van der Waals surface area contributed by atoms with Gasteiger partial charge in [0.1, 0.15) is 0 Å². The summed E-state index contributed by atoms with van der Waals surface area (Å²) in [6.07, 6.45) is 0. The summed E-state index contributed by atoms with van der Waals surface area (Å²) in [5, 5.41) is 10.6. The van der Waals surface area contributed by atoms with E-state index >= 15 is 0 Å². The van der Waals surface area contributed by atoms with Crippen molar-refractivity contribution >= 4 is 29.1 Å². The highest BCUT2D eigenvalue weighted by Gasteiger charge is 2.10. The average molecular weight is 260 g/mol. The van der Waals surface area contributed by atoms with Crippen LogP contribution >= 0.6 is 23.4 Å². The molecule has 0 aliphatic carbocycles. The molecule has 0 aromatic heterocycles.